The number of rotatable bonds is 3. The van der Waals surface area contributed by atoms with Gasteiger partial charge in [-0.2, -0.15) is 0 Å². The lowest BCUT2D eigenvalue weighted by Gasteiger charge is -2.34. The molecule has 1 aromatic heterocycles. The minimum atomic E-state index is 0.398. The molecule has 2 N–H and O–H groups in total. The molecular weight excluding hydrogens is 298 g/mol. The Morgan fingerprint density at radius 3 is 2.38 bits per heavy atom. The number of nitrogens with zero attached hydrogens (tertiary/aromatic N) is 2. The molecule has 4 heteroatoms. The molecule has 3 heterocycles. The summed E-state index contributed by atoms with van der Waals surface area (Å²) in [5.74, 6) is 0. The van der Waals surface area contributed by atoms with Crippen LogP contribution in [0.4, 0.5) is 5.69 Å². The largest absolute Gasteiger partial charge is 0.371 e. The van der Waals surface area contributed by atoms with Crippen LogP contribution >= 0.6 is 0 Å². The third-order valence-corrected chi connectivity index (χ3v) is 5.11. The third-order valence-electron chi connectivity index (χ3n) is 5.11. The molecule has 4 nitrogen and oxygen atoms in total. The number of pyridine rings is 1. The lowest BCUT2D eigenvalue weighted by atomic mass is 9.98. The summed E-state index contributed by atoms with van der Waals surface area (Å²) in [5.41, 5.74) is 13.0. The second-order valence-electron chi connectivity index (χ2n) is 7.05. The number of anilines is 1. The Bertz CT molecular complexity index is 726. The Hall–Kier alpha value is -1.91. The molecule has 0 amide bonds. The van der Waals surface area contributed by atoms with Gasteiger partial charge in [0.1, 0.15) is 0 Å². The molecule has 24 heavy (non-hydrogen) atoms. The fraction of sp³-hybridized carbons (Fsp3) is 0.450. The van der Waals surface area contributed by atoms with Crippen molar-refractivity contribution in [2.75, 3.05) is 18.0 Å². The van der Waals surface area contributed by atoms with E-state index in [2.05, 4.69) is 40.2 Å². The van der Waals surface area contributed by atoms with E-state index in [0.717, 1.165) is 24.5 Å². The van der Waals surface area contributed by atoms with E-state index in [4.69, 9.17) is 10.5 Å². The molecule has 2 bridgehead atoms. The van der Waals surface area contributed by atoms with E-state index in [1.807, 2.05) is 13.8 Å². The molecule has 2 fully saturated rings. The summed E-state index contributed by atoms with van der Waals surface area (Å²) < 4.78 is 5.95. The molecule has 1 aromatic carbocycles. The Labute approximate surface area is 143 Å². The maximum Gasteiger partial charge on any atom is 0.0755 e. The monoisotopic (exact) mass is 323 g/mol. The summed E-state index contributed by atoms with van der Waals surface area (Å²) in [7, 11) is 0. The summed E-state index contributed by atoms with van der Waals surface area (Å²) in [5, 5.41) is 0. The summed E-state index contributed by atoms with van der Waals surface area (Å²) in [6.45, 7) is 6.61. The Morgan fingerprint density at radius 2 is 1.75 bits per heavy atom. The van der Waals surface area contributed by atoms with Crippen LogP contribution in [0, 0.1) is 13.8 Å². The standard InChI is InChI=1S/C20H25N3O/c1-13-7-15(8-14(2)22-13)20-6-3-17(9-16(20)10-21)23-11-18-4-5-19(12-23)24-18/h3,6-9,18-19H,4-5,10-12,21H2,1-2H3. The average molecular weight is 323 g/mol. The predicted octanol–water partition coefficient (Wildman–Crippen LogP) is 3.19. The normalized spacial score (nSPS) is 22.9. The SMILES string of the molecule is Cc1cc(-c2ccc(N3CC4CCC(C3)O4)cc2CN)cc(C)n1. The van der Waals surface area contributed by atoms with Crippen molar-refractivity contribution in [2.45, 2.75) is 45.4 Å². The minimum Gasteiger partial charge on any atom is -0.371 e. The summed E-state index contributed by atoms with van der Waals surface area (Å²) in [4.78, 5) is 6.93. The molecule has 2 unspecified atom stereocenters. The highest BCUT2D eigenvalue weighted by molar-refractivity contribution is 5.71. The van der Waals surface area contributed by atoms with E-state index < -0.39 is 0 Å². The van der Waals surface area contributed by atoms with Crippen LogP contribution in [0.2, 0.25) is 0 Å². The predicted molar refractivity (Wildman–Crippen MR) is 97.1 cm³/mol. The number of aromatic nitrogens is 1. The lowest BCUT2D eigenvalue weighted by Crippen LogP contribution is -2.42. The van der Waals surface area contributed by atoms with Crippen LogP contribution in [-0.4, -0.2) is 30.3 Å². The van der Waals surface area contributed by atoms with E-state index in [1.165, 1.54) is 35.2 Å². The number of nitrogens with two attached hydrogens (primary N) is 1. The second kappa shape index (κ2) is 6.19. The first-order valence-corrected chi connectivity index (χ1v) is 8.81. The van der Waals surface area contributed by atoms with E-state index in [0.29, 0.717) is 18.8 Å². The highest BCUT2D eigenvalue weighted by Gasteiger charge is 2.33. The molecule has 0 spiro atoms. The topological polar surface area (TPSA) is 51.4 Å². The van der Waals surface area contributed by atoms with Crippen LogP contribution in [-0.2, 0) is 11.3 Å². The van der Waals surface area contributed by atoms with Crippen LogP contribution in [0.5, 0.6) is 0 Å². The van der Waals surface area contributed by atoms with Gasteiger partial charge in [0.15, 0.2) is 0 Å². The molecule has 2 saturated heterocycles. The van der Waals surface area contributed by atoms with Crippen molar-refractivity contribution in [3.63, 3.8) is 0 Å². The van der Waals surface area contributed by atoms with Crippen molar-refractivity contribution in [3.8, 4) is 11.1 Å². The molecular formula is C20H25N3O. The molecule has 2 aliphatic rings. The van der Waals surface area contributed by atoms with Gasteiger partial charge in [-0.1, -0.05) is 6.07 Å². The summed E-state index contributed by atoms with van der Waals surface area (Å²) >= 11 is 0. The third kappa shape index (κ3) is 2.92. The smallest absolute Gasteiger partial charge is 0.0755 e. The van der Waals surface area contributed by atoms with Crippen LogP contribution < -0.4 is 10.6 Å². The first kappa shape index (κ1) is 15.6. The highest BCUT2D eigenvalue weighted by Crippen LogP contribution is 2.33. The van der Waals surface area contributed by atoms with Gasteiger partial charge in [0.2, 0.25) is 0 Å². The molecule has 0 saturated carbocycles. The summed E-state index contributed by atoms with van der Waals surface area (Å²) in [6, 6.07) is 11.0. The quantitative estimate of drug-likeness (QED) is 0.942. The zero-order valence-corrected chi connectivity index (χ0v) is 14.5. The zero-order chi connectivity index (χ0) is 16.7. The average Bonchev–Trinajstić information content (AvgIpc) is 2.91. The first-order chi connectivity index (χ1) is 11.6. The molecule has 2 aromatic rings. The lowest BCUT2D eigenvalue weighted by molar-refractivity contribution is 0.0305. The van der Waals surface area contributed by atoms with E-state index in [1.54, 1.807) is 0 Å². The Kier molecular flexibility index (Phi) is 4.02. The fourth-order valence-electron chi connectivity index (χ4n) is 4.04. The van der Waals surface area contributed by atoms with Crippen molar-refractivity contribution < 1.29 is 4.74 Å². The van der Waals surface area contributed by atoms with Crippen molar-refractivity contribution >= 4 is 5.69 Å². The molecule has 126 valence electrons. The van der Waals surface area contributed by atoms with Crippen LogP contribution in [0.3, 0.4) is 0 Å². The number of benzene rings is 1. The maximum absolute atomic E-state index is 6.07. The Balaban J connectivity index is 1.68. The van der Waals surface area contributed by atoms with Crippen LogP contribution in [0.15, 0.2) is 30.3 Å². The first-order valence-electron chi connectivity index (χ1n) is 8.81. The molecule has 0 radical (unpaired) electrons. The summed E-state index contributed by atoms with van der Waals surface area (Å²) in [6.07, 6.45) is 3.18. The van der Waals surface area contributed by atoms with Gasteiger partial charge < -0.3 is 15.4 Å². The number of morpholine rings is 1. The van der Waals surface area contributed by atoms with E-state index >= 15 is 0 Å². The van der Waals surface area contributed by atoms with Crippen LogP contribution in [0.1, 0.15) is 29.8 Å². The molecule has 2 atom stereocenters. The van der Waals surface area contributed by atoms with Gasteiger partial charge in [0.25, 0.3) is 0 Å². The van der Waals surface area contributed by atoms with E-state index in [9.17, 15) is 0 Å². The van der Waals surface area contributed by atoms with Gasteiger partial charge in [-0.05, 0) is 67.6 Å². The number of ether oxygens (including phenoxy) is 1. The van der Waals surface area contributed by atoms with Gasteiger partial charge in [0.05, 0.1) is 12.2 Å². The van der Waals surface area contributed by atoms with Gasteiger partial charge in [-0.3, -0.25) is 4.98 Å². The maximum atomic E-state index is 6.07. The Morgan fingerprint density at radius 1 is 1.08 bits per heavy atom. The van der Waals surface area contributed by atoms with Crippen molar-refractivity contribution in [2.24, 2.45) is 5.73 Å². The fourth-order valence-corrected chi connectivity index (χ4v) is 4.04. The number of hydrogen-bond donors (Lipinski definition) is 1. The van der Waals surface area contributed by atoms with Crippen molar-refractivity contribution in [1.82, 2.24) is 4.98 Å². The number of aryl methyl sites for hydroxylation is 2. The van der Waals surface area contributed by atoms with Crippen molar-refractivity contribution in [3.05, 3.63) is 47.3 Å². The van der Waals surface area contributed by atoms with Gasteiger partial charge in [0, 0.05) is 36.7 Å². The zero-order valence-electron chi connectivity index (χ0n) is 14.5. The minimum absolute atomic E-state index is 0.398. The van der Waals surface area contributed by atoms with Gasteiger partial charge >= 0.3 is 0 Å². The van der Waals surface area contributed by atoms with E-state index in [-0.39, 0.29) is 0 Å². The van der Waals surface area contributed by atoms with Gasteiger partial charge in [-0.15, -0.1) is 0 Å². The van der Waals surface area contributed by atoms with Crippen molar-refractivity contribution in [1.29, 1.82) is 0 Å². The molecule has 0 aliphatic carbocycles. The second-order valence-corrected chi connectivity index (χ2v) is 7.05. The highest BCUT2D eigenvalue weighted by atomic mass is 16.5. The number of fused-ring (bicyclic) bond motifs is 2. The number of hydrogen-bond acceptors (Lipinski definition) is 4. The van der Waals surface area contributed by atoms with Crippen LogP contribution in [0.25, 0.3) is 11.1 Å². The van der Waals surface area contributed by atoms with Gasteiger partial charge in [-0.25, -0.2) is 0 Å². The molecule has 4 rings (SSSR count). The molecule has 2 aliphatic heterocycles.